The second-order valence-electron chi connectivity index (χ2n) is 5.54. The first-order valence-corrected chi connectivity index (χ1v) is 8.67. The average molecular weight is 372 g/mol. The SMILES string of the molecule is CCOc1ccc(C(=O)Nc2ccc(NC(=O)COC)cc2)cc1OCC. The summed E-state index contributed by atoms with van der Waals surface area (Å²) in [6.07, 6.45) is 0. The van der Waals surface area contributed by atoms with E-state index in [2.05, 4.69) is 10.6 Å². The van der Waals surface area contributed by atoms with Crippen molar-refractivity contribution in [3.8, 4) is 11.5 Å². The molecular weight excluding hydrogens is 348 g/mol. The normalized spacial score (nSPS) is 10.2. The predicted octanol–water partition coefficient (Wildman–Crippen LogP) is 3.32. The minimum atomic E-state index is -0.268. The summed E-state index contributed by atoms with van der Waals surface area (Å²) in [5.74, 6) is 0.623. The first-order valence-electron chi connectivity index (χ1n) is 8.67. The molecule has 2 aromatic rings. The minimum Gasteiger partial charge on any atom is -0.490 e. The molecule has 0 fully saturated rings. The van der Waals surface area contributed by atoms with E-state index in [9.17, 15) is 9.59 Å². The molecule has 2 rings (SSSR count). The molecular formula is C20H24N2O5. The summed E-state index contributed by atoms with van der Waals surface area (Å²) in [6, 6.07) is 11.9. The van der Waals surface area contributed by atoms with Gasteiger partial charge in [-0.1, -0.05) is 0 Å². The Morgan fingerprint density at radius 3 is 2.04 bits per heavy atom. The number of hydrogen-bond acceptors (Lipinski definition) is 5. The third-order valence-corrected chi connectivity index (χ3v) is 3.51. The molecule has 7 heteroatoms. The molecule has 0 aromatic heterocycles. The summed E-state index contributed by atoms with van der Waals surface area (Å²) >= 11 is 0. The maximum absolute atomic E-state index is 12.5. The van der Waals surface area contributed by atoms with Gasteiger partial charge in [0, 0.05) is 24.0 Å². The van der Waals surface area contributed by atoms with E-state index in [-0.39, 0.29) is 18.4 Å². The van der Waals surface area contributed by atoms with Crippen molar-refractivity contribution in [3.05, 3.63) is 48.0 Å². The maximum atomic E-state index is 12.5. The third-order valence-electron chi connectivity index (χ3n) is 3.51. The first-order chi connectivity index (χ1) is 13.1. The summed E-state index contributed by atoms with van der Waals surface area (Å²) in [6.45, 7) is 4.73. The van der Waals surface area contributed by atoms with Crippen molar-refractivity contribution >= 4 is 23.2 Å². The Morgan fingerprint density at radius 1 is 0.852 bits per heavy atom. The number of hydrogen-bond donors (Lipinski definition) is 2. The molecule has 27 heavy (non-hydrogen) atoms. The molecule has 2 N–H and O–H groups in total. The van der Waals surface area contributed by atoms with Gasteiger partial charge in [0.2, 0.25) is 5.91 Å². The van der Waals surface area contributed by atoms with Crippen LogP contribution in [0.5, 0.6) is 11.5 Å². The van der Waals surface area contributed by atoms with Crippen LogP contribution in [0, 0.1) is 0 Å². The molecule has 0 unspecified atom stereocenters. The van der Waals surface area contributed by atoms with Gasteiger partial charge in [-0.05, 0) is 56.3 Å². The number of carbonyl (C=O) groups excluding carboxylic acids is 2. The number of rotatable bonds is 9. The Hall–Kier alpha value is -3.06. The van der Waals surface area contributed by atoms with E-state index in [1.807, 2.05) is 13.8 Å². The van der Waals surface area contributed by atoms with Crippen LogP contribution in [0.3, 0.4) is 0 Å². The first kappa shape index (κ1) is 20.3. The van der Waals surface area contributed by atoms with Gasteiger partial charge in [0.1, 0.15) is 6.61 Å². The van der Waals surface area contributed by atoms with Crippen LogP contribution in [0.15, 0.2) is 42.5 Å². The molecule has 0 heterocycles. The molecule has 0 saturated heterocycles. The fourth-order valence-electron chi connectivity index (χ4n) is 2.36. The van der Waals surface area contributed by atoms with E-state index >= 15 is 0 Å². The zero-order valence-corrected chi connectivity index (χ0v) is 15.7. The van der Waals surface area contributed by atoms with Gasteiger partial charge < -0.3 is 24.8 Å². The molecule has 0 spiro atoms. The van der Waals surface area contributed by atoms with Gasteiger partial charge in [0.25, 0.3) is 5.91 Å². The summed E-state index contributed by atoms with van der Waals surface area (Å²) in [7, 11) is 1.45. The van der Waals surface area contributed by atoms with E-state index in [1.165, 1.54) is 7.11 Å². The second kappa shape index (κ2) is 10.2. The number of ether oxygens (including phenoxy) is 3. The van der Waals surface area contributed by atoms with Crippen molar-refractivity contribution < 1.29 is 23.8 Å². The van der Waals surface area contributed by atoms with Crippen LogP contribution in [0.1, 0.15) is 24.2 Å². The minimum absolute atomic E-state index is 0.0155. The van der Waals surface area contributed by atoms with Crippen LogP contribution in [-0.2, 0) is 9.53 Å². The van der Waals surface area contributed by atoms with Gasteiger partial charge >= 0.3 is 0 Å². The van der Waals surface area contributed by atoms with Crippen molar-refractivity contribution in [3.63, 3.8) is 0 Å². The Labute approximate surface area is 158 Å². The lowest BCUT2D eigenvalue weighted by Gasteiger charge is -2.12. The zero-order valence-electron chi connectivity index (χ0n) is 15.7. The van der Waals surface area contributed by atoms with E-state index in [0.29, 0.717) is 41.7 Å². The van der Waals surface area contributed by atoms with E-state index < -0.39 is 0 Å². The number of carbonyl (C=O) groups is 2. The summed E-state index contributed by atoms with van der Waals surface area (Å²) in [5, 5.41) is 5.50. The Balaban J connectivity index is 2.06. The molecule has 0 saturated carbocycles. The second-order valence-corrected chi connectivity index (χ2v) is 5.54. The van der Waals surface area contributed by atoms with Gasteiger partial charge in [0.15, 0.2) is 11.5 Å². The van der Waals surface area contributed by atoms with Crippen molar-refractivity contribution in [2.24, 2.45) is 0 Å². The number of benzene rings is 2. The lowest BCUT2D eigenvalue weighted by Crippen LogP contribution is -2.17. The molecule has 0 aliphatic rings. The molecule has 2 aromatic carbocycles. The highest BCUT2D eigenvalue weighted by atomic mass is 16.5. The van der Waals surface area contributed by atoms with Crippen LogP contribution in [-0.4, -0.2) is 38.7 Å². The van der Waals surface area contributed by atoms with E-state index in [0.717, 1.165) is 0 Å². The Kier molecular flexibility index (Phi) is 7.63. The lowest BCUT2D eigenvalue weighted by atomic mass is 10.1. The molecule has 0 bridgehead atoms. The molecule has 0 aliphatic carbocycles. The monoisotopic (exact) mass is 372 g/mol. The third kappa shape index (κ3) is 6.00. The fraction of sp³-hybridized carbons (Fsp3) is 0.300. The van der Waals surface area contributed by atoms with Crippen molar-refractivity contribution in [1.82, 2.24) is 0 Å². The van der Waals surface area contributed by atoms with Crippen LogP contribution in [0.25, 0.3) is 0 Å². The quantitative estimate of drug-likeness (QED) is 0.705. The number of anilines is 2. The van der Waals surface area contributed by atoms with Crippen LogP contribution < -0.4 is 20.1 Å². The fourth-order valence-corrected chi connectivity index (χ4v) is 2.36. The Morgan fingerprint density at radius 2 is 1.44 bits per heavy atom. The van der Waals surface area contributed by atoms with Gasteiger partial charge in [-0.3, -0.25) is 9.59 Å². The van der Waals surface area contributed by atoms with Crippen LogP contribution in [0.2, 0.25) is 0 Å². The lowest BCUT2D eigenvalue weighted by molar-refractivity contribution is -0.119. The zero-order chi connectivity index (χ0) is 19.6. The molecule has 0 aliphatic heterocycles. The highest BCUT2D eigenvalue weighted by Gasteiger charge is 2.12. The van der Waals surface area contributed by atoms with Gasteiger partial charge in [-0.25, -0.2) is 0 Å². The van der Waals surface area contributed by atoms with E-state index in [1.54, 1.807) is 42.5 Å². The van der Waals surface area contributed by atoms with Crippen LogP contribution >= 0.6 is 0 Å². The number of nitrogens with one attached hydrogen (secondary N) is 2. The van der Waals surface area contributed by atoms with Gasteiger partial charge in [0.05, 0.1) is 13.2 Å². The average Bonchev–Trinajstić information content (AvgIpc) is 2.65. The standard InChI is InChI=1S/C20H24N2O5/c1-4-26-17-11-6-14(12-18(17)27-5-2)20(24)22-16-9-7-15(8-10-16)21-19(23)13-25-3/h6-12H,4-5,13H2,1-3H3,(H,21,23)(H,22,24). The molecule has 144 valence electrons. The number of methoxy groups -OCH3 is 1. The van der Waals surface area contributed by atoms with Crippen LogP contribution in [0.4, 0.5) is 11.4 Å². The van der Waals surface area contributed by atoms with E-state index in [4.69, 9.17) is 14.2 Å². The molecule has 0 atom stereocenters. The topological polar surface area (TPSA) is 85.9 Å². The Bertz CT molecular complexity index is 774. The molecule has 2 amide bonds. The van der Waals surface area contributed by atoms with Crippen molar-refractivity contribution in [2.45, 2.75) is 13.8 Å². The van der Waals surface area contributed by atoms with Gasteiger partial charge in [-0.15, -0.1) is 0 Å². The summed E-state index contributed by atoms with van der Waals surface area (Å²) < 4.78 is 15.8. The predicted molar refractivity (Wildman–Crippen MR) is 104 cm³/mol. The summed E-state index contributed by atoms with van der Waals surface area (Å²) in [4.78, 5) is 24.0. The number of amides is 2. The largest absolute Gasteiger partial charge is 0.490 e. The highest BCUT2D eigenvalue weighted by Crippen LogP contribution is 2.29. The van der Waals surface area contributed by atoms with Gasteiger partial charge in [-0.2, -0.15) is 0 Å². The van der Waals surface area contributed by atoms with Crippen molar-refractivity contribution in [1.29, 1.82) is 0 Å². The smallest absolute Gasteiger partial charge is 0.255 e. The highest BCUT2D eigenvalue weighted by molar-refractivity contribution is 6.04. The maximum Gasteiger partial charge on any atom is 0.255 e. The molecule has 7 nitrogen and oxygen atoms in total. The summed E-state index contributed by atoms with van der Waals surface area (Å²) in [5.41, 5.74) is 1.69. The van der Waals surface area contributed by atoms with Crippen molar-refractivity contribution in [2.75, 3.05) is 37.6 Å². The molecule has 0 radical (unpaired) electrons.